The molecule has 1 aromatic carbocycles. The Morgan fingerprint density at radius 1 is 1.23 bits per heavy atom. The van der Waals surface area contributed by atoms with Gasteiger partial charge >= 0.3 is 0 Å². The van der Waals surface area contributed by atoms with Gasteiger partial charge in [-0.1, -0.05) is 25.1 Å². The number of benzene rings is 1. The van der Waals surface area contributed by atoms with E-state index in [9.17, 15) is 4.79 Å². The SMILES string of the molecule is CCCN1CC2(CCN(C)CC2)CC1C(=O)NCc1ccc(C)c(C)c1. The number of carbonyl (C=O) groups is 1. The third-order valence-corrected chi connectivity index (χ3v) is 6.50. The van der Waals surface area contributed by atoms with E-state index >= 15 is 0 Å². The minimum absolute atomic E-state index is 0.0462. The quantitative estimate of drug-likeness (QED) is 0.879. The van der Waals surface area contributed by atoms with Crippen molar-refractivity contribution in [2.24, 2.45) is 5.41 Å². The van der Waals surface area contributed by atoms with Crippen molar-refractivity contribution in [2.45, 2.75) is 59.0 Å². The molecule has 2 saturated heterocycles. The minimum Gasteiger partial charge on any atom is -0.351 e. The molecule has 1 spiro atoms. The van der Waals surface area contributed by atoms with Crippen molar-refractivity contribution in [3.05, 3.63) is 34.9 Å². The smallest absolute Gasteiger partial charge is 0.237 e. The summed E-state index contributed by atoms with van der Waals surface area (Å²) in [5.41, 5.74) is 4.13. The summed E-state index contributed by atoms with van der Waals surface area (Å²) in [6.07, 6.45) is 4.59. The number of hydrogen-bond acceptors (Lipinski definition) is 3. The first-order valence-electron chi connectivity index (χ1n) is 10.2. The standard InChI is InChI=1S/C22H35N3O/c1-5-10-25-16-22(8-11-24(4)12-9-22)14-20(25)21(26)23-15-19-7-6-17(2)18(3)13-19/h6-7,13,20H,5,8-12,14-16H2,1-4H3,(H,23,26). The molecule has 0 saturated carbocycles. The molecule has 26 heavy (non-hydrogen) atoms. The van der Waals surface area contributed by atoms with Crippen LogP contribution in [-0.2, 0) is 11.3 Å². The van der Waals surface area contributed by atoms with Gasteiger partial charge < -0.3 is 10.2 Å². The maximum absolute atomic E-state index is 13.0. The maximum atomic E-state index is 13.0. The lowest BCUT2D eigenvalue weighted by atomic mass is 9.76. The van der Waals surface area contributed by atoms with Gasteiger partial charge in [0.25, 0.3) is 0 Å². The highest BCUT2D eigenvalue weighted by Crippen LogP contribution is 2.43. The van der Waals surface area contributed by atoms with Crippen molar-refractivity contribution < 1.29 is 4.79 Å². The monoisotopic (exact) mass is 357 g/mol. The number of likely N-dealkylation sites (tertiary alicyclic amines) is 2. The van der Waals surface area contributed by atoms with Crippen LogP contribution in [0.5, 0.6) is 0 Å². The molecule has 1 aromatic rings. The Kier molecular flexibility index (Phi) is 6.03. The number of rotatable bonds is 5. The summed E-state index contributed by atoms with van der Waals surface area (Å²) >= 11 is 0. The lowest BCUT2D eigenvalue weighted by Gasteiger charge is -2.37. The maximum Gasteiger partial charge on any atom is 0.237 e. The predicted octanol–water partition coefficient (Wildman–Crippen LogP) is 3.12. The Labute approximate surface area is 158 Å². The van der Waals surface area contributed by atoms with E-state index in [1.165, 1.54) is 29.5 Å². The Morgan fingerprint density at radius 2 is 1.96 bits per heavy atom. The lowest BCUT2D eigenvalue weighted by molar-refractivity contribution is -0.125. The van der Waals surface area contributed by atoms with Crippen LogP contribution in [0.4, 0.5) is 0 Å². The number of nitrogens with zero attached hydrogens (tertiary/aromatic N) is 2. The molecule has 0 radical (unpaired) electrons. The Balaban J connectivity index is 1.63. The van der Waals surface area contributed by atoms with Gasteiger partial charge in [-0.15, -0.1) is 0 Å². The summed E-state index contributed by atoms with van der Waals surface area (Å²) < 4.78 is 0. The van der Waals surface area contributed by atoms with Crippen LogP contribution in [0.3, 0.4) is 0 Å². The summed E-state index contributed by atoms with van der Waals surface area (Å²) in [6, 6.07) is 6.50. The zero-order valence-corrected chi connectivity index (χ0v) is 17.0. The van der Waals surface area contributed by atoms with Gasteiger partial charge in [-0.3, -0.25) is 9.69 Å². The largest absolute Gasteiger partial charge is 0.351 e. The first-order chi connectivity index (χ1) is 12.4. The normalized spacial score (nSPS) is 23.5. The second-order valence-corrected chi connectivity index (χ2v) is 8.63. The predicted molar refractivity (Wildman–Crippen MR) is 107 cm³/mol. The van der Waals surface area contributed by atoms with Gasteiger partial charge in [0.05, 0.1) is 6.04 Å². The summed E-state index contributed by atoms with van der Waals surface area (Å²) in [5.74, 6) is 0.215. The van der Waals surface area contributed by atoms with E-state index in [0.29, 0.717) is 12.0 Å². The summed E-state index contributed by atoms with van der Waals surface area (Å²) in [6.45, 7) is 11.5. The molecule has 2 aliphatic rings. The molecule has 1 unspecified atom stereocenters. The Bertz CT molecular complexity index is 634. The first kappa shape index (κ1) is 19.4. The van der Waals surface area contributed by atoms with E-state index in [1.807, 2.05) is 0 Å². The van der Waals surface area contributed by atoms with E-state index in [-0.39, 0.29) is 11.9 Å². The van der Waals surface area contributed by atoms with Crippen LogP contribution in [0.15, 0.2) is 18.2 Å². The van der Waals surface area contributed by atoms with Crippen LogP contribution in [0.25, 0.3) is 0 Å². The van der Waals surface area contributed by atoms with Crippen LogP contribution < -0.4 is 5.32 Å². The molecule has 1 N–H and O–H groups in total. The summed E-state index contributed by atoms with van der Waals surface area (Å²) in [5, 5.41) is 3.22. The topological polar surface area (TPSA) is 35.6 Å². The Hall–Kier alpha value is -1.39. The second-order valence-electron chi connectivity index (χ2n) is 8.63. The van der Waals surface area contributed by atoms with Gasteiger partial charge in [-0.25, -0.2) is 0 Å². The number of hydrogen-bond donors (Lipinski definition) is 1. The molecule has 0 aromatic heterocycles. The van der Waals surface area contributed by atoms with Gasteiger partial charge in [0.15, 0.2) is 0 Å². The molecule has 0 bridgehead atoms. The van der Waals surface area contributed by atoms with E-state index in [4.69, 9.17) is 0 Å². The van der Waals surface area contributed by atoms with Crippen molar-refractivity contribution in [2.75, 3.05) is 33.2 Å². The molecule has 3 rings (SSSR count). The average Bonchev–Trinajstić information content (AvgIpc) is 2.97. The number of piperidine rings is 1. The second kappa shape index (κ2) is 8.10. The van der Waals surface area contributed by atoms with Crippen LogP contribution in [0, 0.1) is 19.3 Å². The highest BCUT2D eigenvalue weighted by Gasteiger charge is 2.47. The summed E-state index contributed by atoms with van der Waals surface area (Å²) in [7, 11) is 2.21. The van der Waals surface area contributed by atoms with E-state index in [2.05, 4.69) is 61.1 Å². The fourth-order valence-electron chi connectivity index (χ4n) is 4.60. The number of nitrogens with one attached hydrogen (secondary N) is 1. The van der Waals surface area contributed by atoms with Gasteiger partial charge in [0.1, 0.15) is 0 Å². The van der Waals surface area contributed by atoms with E-state index in [0.717, 1.165) is 39.0 Å². The number of carbonyl (C=O) groups excluding carboxylic acids is 1. The average molecular weight is 358 g/mol. The zero-order valence-electron chi connectivity index (χ0n) is 17.0. The van der Waals surface area contributed by atoms with Crippen molar-refractivity contribution in [3.8, 4) is 0 Å². The van der Waals surface area contributed by atoms with Crippen LogP contribution in [-0.4, -0.2) is 55.0 Å². The molecular formula is C22H35N3O. The molecular weight excluding hydrogens is 322 g/mol. The van der Waals surface area contributed by atoms with Crippen LogP contribution in [0.1, 0.15) is 49.3 Å². The molecule has 2 heterocycles. The van der Waals surface area contributed by atoms with E-state index in [1.54, 1.807) is 0 Å². The third kappa shape index (κ3) is 4.29. The summed E-state index contributed by atoms with van der Waals surface area (Å²) in [4.78, 5) is 17.8. The van der Waals surface area contributed by atoms with Gasteiger partial charge in [0, 0.05) is 13.1 Å². The Morgan fingerprint density at radius 3 is 2.62 bits per heavy atom. The number of aryl methyl sites for hydroxylation is 2. The molecule has 2 aliphatic heterocycles. The lowest BCUT2D eigenvalue weighted by Crippen LogP contribution is -2.43. The molecule has 1 amide bonds. The molecule has 4 nitrogen and oxygen atoms in total. The van der Waals surface area contributed by atoms with Gasteiger partial charge in [-0.2, -0.15) is 0 Å². The zero-order chi connectivity index (χ0) is 18.7. The fraction of sp³-hybridized carbons (Fsp3) is 0.682. The van der Waals surface area contributed by atoms with Crippen molar-refractivity contribution >= 4 is 5.91 Å². The molecule has 2 fully saturated rings. The van der Waals surface area contributed by atoms with Gasteiger partial charge in [0.2, 0.25) is 5.91 Å². The van der Waals surface area contributed by atoms with Crippen LogP contribution in [0.2, 0.25) is 0 Å². The molecule has 0 aliphatic carbocycles. The van der Waals surface area contributed by atoms with Crippen LogP contribution >= 0.6 is 0 Å². The minimum atomic E-state index is 0.0462. The number of amides is 1. The van der Waals surface area contributed by atoms with Gasteiger partial charge in [-0.05, 0) is 88.3 Å². The highest BCUT2D eigenvalue weighted by atomic mass is 16.2. The highest BCUT2D eigenvalue weighted by molar-refractivity contribution is 5.82. The van der Waals surface area contributed by atoms with Crippen molar-refractivity contribution in [1.29, 1.82) is 0 Å². The first-order valence-corrected chi connectivity index (χ1v) is 10.2. The van der Waals surface area contributed by atoms with Crippen molar-refractivity contribution in [3.63, 3.8) is 0 Å². The van der Waals surface area contributed by atoms with Crippen molar-refractivity contribution in [1.82, 2.24) is 15.1 Å². The fourth-order valence-corrected chi connectivity index (χ4v) is 4.60. The molecule has 144 valence electrons. The molecule has 4 heteroatoms. The third-order valence-electron chi connectivity index (χ3n) is 6.50. The molecule has 1 atom stereocenters. The van der Waals surface area contributed by atoms with E-state index < -0.39 is 0 Å².